The molecule has 1 aromatic heterocycles. The molecule has 0 bridgehead atoms. The van der Waals surface area contributed by atoms with Crippen molar-refractivity contribution in [2.24, 2.45) is 0 Å². The third-order valence-corrected chi connectivity index (χ3v) is 4.67. The second-order valence-electron chi connectivity index (χ2n) is 4.99. The number of rotatable bonds is 3. The number of piperidine rings is 1. The number of hydrogen-bond donors (Lipinski definition) is 1. The summed E-state index contributed by atoms with van der Waals surface area (Å²) in [6.45, 7) is 2.22. The zero-order valence-corrected chi connectivity index (χ0v) is 12.8. The van der Waals surface area contributed by atoms with Gasteiger partial charge >= 0.3 is 0 Å². The van der Waals surface area contributed by atoms with E-state index < -0.39 is 0 Å². The van der Waals surface area contributed by atoms with E-state index in [2.05, 4.69) is 41.5 Å². The number of likely N-dealkylation sites (N-methyl/N-ethyl adjacent to an activating group) is 1. The molecule has 1 unspecified atom stereocenters. The highest BCUT2D eigenvalue weighted by atomic mass is 35.5. The number of nitrogens with zero attached hydrogens (tertiary/aromatic N) is 2. The highest BCUT2D eigenvalue weighted by Crippen LogP contribution is 2.28. The van der Waals surface area contributed by atoms with Crippen molar-refractivity contribution in [1.29, 1.82) is 0 Å². The van der Waals surface area contributed by atoms with Crippen LogP contribution in [0.25, 0.3) is 10.2 Å². The molecule has 1 aliphatic rings. The lowest BCUT2D eigenvalue weighted by atomic mass is 10.1. The normalized spacial score (nSPS) is 19.1. The summed E-state index contributed by atoms with van der Waals surface area (Å²) in [5.74, 6) is 0. The molecular weight excluding hydrogens is 278 g/mol. The van der Waals surface area contributed by atoms with Crippen molar-refractivity contribution in [2.45, 2.75) is 25.3 Å². The van der Waals surface area contributed by atoms with Crippen molar-refractivity contribution in [3.63, 3.8) is 0 Å². The topological polar surface area (TPSA) is 28.2 Å². The molecule has 1 N–H and O–H groups in total. The predicted octanol–water partition coefficient (Wildman–Crippen LogP) is 3.30. The van der Waals surface area contributed by atoms with E-state index in [1.165, 1.54) is 30.5 Å². The molecule has 19 heavy (non-hydrogen) atoms. The maximum atomic E-state index is 4.69. The van der Waals surface area contributed by atoms with Crippen molar-refractivity contribution in [3.05, 3.63) is 24.3 Å². The van der Waals surface area contributed by atoms with Crippen molar-refractivity contribution in [3.8, 4) is 0 Å². The van der Waals surface area contributed by atoms with Crippen LogP contribution in [-0.4, -0.2) is 31.2 Å². The maximum Gasteiger partial charge on any atom is 0.186 e. The summed E-state index contributed by atoms with van der Waals surface area (Å²) in [6.07, 6.45) is 3.96. The van der Waals surface area contributed by atoms with Crippen molar-refractivity contribution >= 4 is 39.1 Å². The molecule has 0 saturated carbocycles. The van der Waals surface area contributed by atoms with E-state index in [0.29, 0.717) is 6.04 Å². The first kappa shape index (κ1) is 14.6. The summed E-state index contributed by atoms with van der Waals surface area (Å²) in [5.41, 5.74) is 1.11. The molecule has 5 heteroatoms. The van der Waals surface area contributed by atoms with Gasteiger partial charge in [-0.1, -0.05) is 29.9 Å². The minimum atomic E-state index is 0. The molecule has 2 heterocycles. The van der Waals surface area contributed by atoms with Gasteiger partial charge in [0.15, 0.2) is 5.13 Å². The van der Waals surface area contributed by atoms with Crippen LogP contribution in [0.3, 0.4) is 0 Å². The lowest BCUT2D eigenvalue weighted by Gasteiger charge is -2.27. The molecule has 3 nitrogen and oxygen atoms in total. The van der Waals surface area contributed by atoms with Gasteiger partial charge < -0.3 is 10.2 Å². The van der Waals surface area contributed by atoms with Crippen LogP contribution in [0, 0.1) is 0 Å². The number of benzene rings is 1. The molecule has 2 aromatic rings. The highest BCUT2D eigenvalue weighted by molar-refractivity contribution is 7.22. The van der Waals surface area contributed by atoms with Gasteiger partial charge in [0.05, 0.1) is 10.2 Å². The quantitative estimate of drug-likeness (QED) is 0.942. The first-order chi connectivity index (χ1) is 8.83. The Balaban J connectivity index is 0.00000133. The smallest absolute Gasteiger partial charge is 0.186 e. The Kier molecular flexibility index (Phi) is 5.02. The molecule has 0 spiro atoms. The monoisotopic (exact) mass is 297 g/mol. The van der Waals surface area contributed by atoms with Gasteiger partial charge in [0.25, 0.3) is 0 Å². The summed E-state index contributed by atoms with van der Waals surface area (Å²) >= 11 is 1.78. The van der Waals surface area contributed by atoms with Crippen molar-refractivity contribution < 1.29 is 0 Å². The van der Waals surface area contributed by atoms with Crippen LogP contribution < -0.4 is 10.2 Å². The van der Waals surface area contributed by atoms with Crippen LogP contribution >= 0.6 is 23.7 Å². The number of thiazole rings is 1. The molecular formula is C14H20ClN3S. The fourth-order valence-corrected chi connectivity index (χ4v) is 3.45. The molecule has 1 fully saturated rings. The Bertz CT molecular complexity index is 489. The second kappa shape index (κ2) is 6.55. The van der Waals surface area contributed by atoms with Crippen molar-refractivity contribution in [1.82, 2.24) is 10.3 Å². The molecule has 1 saturated heterocycles. The largest absolute Gasteiger partial charge is 0.350 e. The Labute approximate surface area is 124 Å². The zero-order valence-electron chi connectivity index (χ0n) is 11.1. The minimum absolute atomic E-state index is 0. The number of fused-ring (bicyclic) bond motifs is 1. The van der Waals surface area contributed by atoms with E-state index in [-0.39, 0.29) is 12.4 Å². The van der Waals surface area contributed by atoms with Gasteiger partial charge in [-0.15, -0.1) is 12.4 Å². The summed E-state index contributed by atoms with van der Waals surface area (Å²) in [4.78, 5) is 6.98. The third kappa shape index (κ3) is 3.38. The first-order valence-corrected chi connectivity index (χ1v) is 7.45. The molecule has 1 aliphatic heterocycles. The van der Waals surface area contributed by atoms with Gasteiger partial charge in [-0.3, -0.25) is 0 Å². The molecule has 0 radical (unpaired) electrons. The molecule has 1 aromatic carbocycles. The number of anilines is 1. The summed E-state index contributed by atoms with van der Waals surface area (Å²) in [7, 11) is 2.15. The zero-order chi connectivity index (χ0) is 12.4. The van der Waals surface area contributed by atoms with E-state index >= 15 is 0 Å². The lowest BCUT2D eigenvalue weighted by molar-refractivity contribution is 0.403. The number of para-hydroxylation sites is 1. The maximum absolute atomic E-state index is 4.69. The van der Waals surface area contributed by atoms with Crippen LogP contribution in [0.1, 0.15) is 19.3 Å². The standard InChI is InChI=1S/C14H19N3S.ClH/c1-17(10-11-6-4-5-9-15-11)14-16-12-7-2-3-8-13(12)18-14;/h2-3,7-8,11,15H,4-6,9-10H2,1H3;1H. The Hall–Kier alpha value is -0.840. The predicted molar refractivity (Wildman–Crippen MR) is 85.8 cm³/mol. The fraction of sp³-hybridized carbons (Fsp3) is 0.500. The molecule has 104 valence electrons. The SMILES string of the molecule is CN(CC1CCCCN1)c1nc2ccccc2s1.Cl. The minimum Gasteiger partial charge on any atom is -0.350 e. The van der Waals surface area contributed by atoms with E-state index in [1.54, 1.807) is 11.3 Å². The van der Waals surface area contributed by atoms with Gasteiger partial charge in [-0.2, -0.15) is 0 Å². The van der Waals surface area contributed by atoms with Gasteiger partial charge in [-0.25, -0.2) is 4.98 Å². The van der Waals surface area contributed by atoms with Gasteiger partial charge in [-0.05, 0) is 31.5 Å². The van der Waals surface area contributed by atoms with Crippen LogP contribution in [-0.2, 0) is 0 Å². The van der Waals surface area contributed by atoms with Crippen LogP contribution in [0.5, 0.6) is 0 Å². The molecule has 1 atom stereocenters. The summed E-state index contributed by atoms with van der Waals surface area (Å²) in [6, 6.07) is 8.97. The van der Waals surface area contributed by atoms with Crippen molar-refractivity contribution in [2.75, 3.05) is 25.0 Å². The van der Waals surface area contributed by atoms with Gasteiger partial charge in [0, 0.05) is 19.6 Å². The Morgan fingerprint density at radius 3 is 2.95 bits per heavy atom. The Morgan fingerprint density at radius 1 is 1.37 bits per heavy atom. The van der Waals surface area contributed by atoms with Gasteiger partial charge in [0.2, 0.25) is 0 Å². The second-order valence-corrected chi connectivity index (χ2v) is 6.00. The van der Waals surface area contributed by atoms with E-state index in [4.69, 9.17) is 4.98 Å². The fourth-order valence-electron chi connectivity index (χ4n) is 2.51. The van der Waals surface area contributed by atoms with Crippen LogP contribution in [0.4, 0.5) is 5.13 Å². The van der Waals surface area contributed by atoms with E-state index in [9.17, 15) is 0 Å². The number of nitrogens with one attached hydrogen (secondary N) is 1. The lowest BCUT2D eigenvalue weighted by Crippen LogP contribution is -2.42. The van der Waals surface area contributed by atoms with Gasteiger partial charge in [0.1, 0.15) is 0 Å². The number of halogens is 1. The average molecular weight is 298 g/mol. The Morgan fingerprint density at radius 2 is 2.21 bits per heavy atom. The molecule has 0 amide bonds. The summed E-state index contributed by atoms with van der Waals surface area (Å²) < 4.78 is 1.27. The third-order valence-electron chi connectivity index (χ3n) is 3.52. The molecule has 3 rings (SSSR count). The summed E-state index contributed by atoms with van der Waals surface area (Å²) in [5, 5.41) is 4.72. The first-order valence-electron chi connectivity index (χ1n) is 6.63. The van der Waals surface area contributed by atoms with Crippen LogP contribution in [0.15, 0.2) is 24.3 Å². The van der Waals surface area contributed by atoms with Crippen LogP contribution in [0.2, 0.25) is 0 Å². The number of hydrogen-bond acceptors (Lipinski definition) is 4. The van der Waals surface area contributed by atoms with E-state index in [0.717, 1.165) is 17.2 Å². The molecule has 0 aliphatic carbocycles. The highest BCUT2D eigenvalue weighted by Gasteiger charge is 2.16. The number of aromatic nitrogens is 1. The van der Waals surface area contributed by atoms with E-state index in [1.807, 2.05) is 0 Å². The average Bonchev–Trinajstić information content (AvgIpc) is 2.84.